The number of halogens is 2. The zero-order chi connectivity index (χ0) is 14.7. The molecule has 104 valence electrons. The Kier molecular flexibility index (Phi) is 3.84. The van der Waals surface area contributed by atoms with Crippen LogP contribution in [0.4, 0.5) is 20.2 Å². The SMILES string of the molecule is Nc1cc(C(=O)O)ccc1NCc1ccc(F)c(F)c1. The molecule has 0 spiro atoms. The van der Waals surface area contributed by atoms with Crippen molar-refractivity contribution in [2.45, 2.75) is 6.54 Å². The van der Waals surface area contributed by atoms with E-state index < -0.39 is 17.6 Å². The van der Waals surface area contributed by atoms with Gasteiger partial charge in [-0.3, -0.25) is 0 Å². The number of nitrogens with two attached hydrogens (primary N) is 1. The zero-order valence-electron chi connectivity index (χ0n) is 10.4. The van der Waals surface area contributed by atoms with E-state index in [2.05, 4.69) is 5.32 Å². The van der Waals surface area contributed by atoms with Crippen molar-refractivity contribution in [3.8, 4) is 0 Å². The van der Waals surface area contributed by atoms with Gasteiger partial charge in [0.1, 0.15) is 0 Å². The molecule has 0 unspecified atom stereocenters. The van der Waals surface area contributed by atoms with Crippen molar-refractivity contribution in [2.75, 3.05) is 11.1 Å². The molecule has 20 heavy (non-hydrogen) atoms. The number of carboxylic acid groups (broad SMARTS) is 1. The van der Waals surface area contributed by atoms with Crippen LogP contribution >= 0.6 is 0 Å². The Bertz CT molecular complexity index is 660. The van der Waals surface area contributed by atoms with Crippen molar-refractivity contribution in [2.24, 2.45) is 0 Å². The molecule has 0 aliphatic carbocycles. The summed E-state index contributed by atoms with van der Waals surface area (Å²) in [4.78, 5) is 10.8. The lowest BCUT2D eigenvalue weighted by Gasteiger charge is -2.10. The lowest BCUT2D eigenvalue weighted by Crippen LogP contribution is -2.05. The summed E-state index contributed by atoms with van der Waals surface area (Å²) in [5.74, 6) is -2.89. The van der Waals surface area contributed by atoms with Crippen LogP contribution in [0.3, 0.4) is 0 Å². The second-order valence-corrected chi connectivity index (χ2v) is 4.21. The molecule has 0 atom stereocenters. The summed E-state index contributed by atoms with van der Waals surface area (Å²) < 4.78 is 25.8. The quantitative estimate of drug-likeness (QED) is 0.752. The van der Waals surface area contributed by atoms with Gasteiger partial charge in [-0.05, 0) is 35.9 Å². The van der Waals surface area contributed by atoms with Crippen molar-refractivity contribution in [1.29, 1.82) is 0 Å². The molecule has 0 aromatic heterocycles. The molecule has 2 aromatic carbocycles. The third-order valence-corrected chi connectivity index (χ3v) is 2.77. The molecule has 0 aliphatic rings. The summed E-state index contributed by atoms with van der Waals surface area (Å²) in [5.41, 5.74) is 7.15. The van der Waals surface area contributed by atoms with Crippen LogP contribution in [-0.4, -0.2) is 11.1 Å². The molecule has 0 bridgehead atoms. The fraction of sp³-hybridized carbons (Fsp3) is 0.0714. The molecule has 0 saturated heterocycles. The molecule has 0 saturated carbocycles. The first-order chi connectivity index (χ1) is 9.47. The van der Waals surface area contributed by atoms with Crippen LogP contribution in [0.5, 0.6) is 0 Å². The van der Waals surface area contributed by atoms with Crippen LogP contribution in [0, 0.1) is 11.6 Å². The largest absolute Gasteiger partial charge is 0.478 e. The van der Waals surface area contributed by atoms with Crippen LogP contribution in [-0.2, 0) is 6.54 Å². The molecule has 0 aliphatic heterocycles. The zero-order valence-corrected chi connectivity index (χ0v) is 10.4. The standard InChI is InChI=1S/C14H12F2N2O2/c15-10-3-1-8(5-11(10)16)7-18-13-4-2-9(14(19)20)6-12(13)17/h1-6,18H,7,17H2,(H,19,20). The highest BCUT2D eigenvalue weighted by molar-refractivity contribution is 5.90. The summed E-state index contributed by atoms with van der Waals surface area (Å²) >= 11 is 0. The predicted molar refractivity (Wildman–Crippen MR) is 71.5 cm³/mol. The van der Waals surface area contributed by atoms with Gasteiger partial charge in [0.25, 0.3) is 0 Å². The van der Waals surface area contributed by atoms with E-state index in [1.54, 1.807) is 0 Å². The fourth-order valence-electron chi connectivity index (χ4n) is 1.70. The summed E-state index contributed by atoms with van der Waals surface area (Å²) in [7, 11) is 0. The summed E-state index contributed by atoms with van der Waals surface area (Å²) in [6, 6.07) is 7.85. The maximum absolute atomic E-state index is 13.0. The van der Waals surface area contributed by atoms with E-state index in [1.807, 2.05) is 0 Å². The van der Waals surface area contributed by atoms with Crippen LogP contribution in [0.2, 0.25) is 0 Å². The second kappa shape index (κ2) is 5.56. The Balaban J connectivity index is 2.10. The first-order valence-corrected chi connectivity index (χ1v) is 5.78. The molecule has 2 rings (SSSR count). The van der Waals surface area contributed by atoms with E-state index in [0.29, 0.717) is 11.3 Å². The Morgan fingerprint density at radius 1 is 1.15 bits per heavy atom. The van der Waals surface area contributed by atoms with Gasteiger partial charge >= 0.3 is 5.97 Å². The summed E-state index contributed by atoms with van der Waals surface area (Å²) in [5, 5.41) is 11.7. The van der Waals surface area contributed by atoms with Crippen LogP contribution in [0.25, 0.3) is 0 Å². The Morgan fingerprint density at radius 3 is 2.50 bits per heavy atom. The smallest absolute Gasteiger partial charge is 0.335 e. The average molecular weight is 278 g/mol. The lowest BCUT2D eigenvalue weighted by atomic mass is 10.1. The normalized spacial score (nSPS) is 10.3. The van der Waals surface area contributed by atoms with Crippen molar-refractivity contribution in [1.82, 2.24) is 0 Å². The van der Waals surface area contributed by atoms with Crippen LogP contribution in [0.1, 0.15) is 15.9 Å². The van der Waals surface area contributed by atoms with Gasteiger partial charge in [0.15, 0.2) is 11.6 Å². The molecule has 4 N–H and O–H groups in total. The minimum atomic E-state index is -1.07. The Morgan fingerprint density at radius 2 is 1.90 bits per heavy atom. The molecule has 0 amide bonds. The number of nitrogens with one attached hydrogen (secondary N) is 1. The number of carboxylic acids is 1. The predicted octanol–water partition coefficient (Wildman–Crippen LogP) is 2.86. The summed E-state index contributed by atoms with van der Waals surface area (Å²) in [6.45, 7) is 0.244. The molecule has 2 aromatic rings. The molecule has 0 radical (unpaired) electrons. The number of hydrogen-bond acceptors (Lipinski definition) is 3. The van der Waals surface area contributed by atoms with E-state index in [9.17, 15) is 13.6 Å². The number of carbonyl (C=O) groups is 1. The van der Waals surface area contributed by atoms with E-state index in [4.69, 9.17) is 10.8 Å². The van der Waals surface area contributed by atoms with Crippen molar-refractivity contribution >= 4 is 17.3 Å². The Hall–Kier alpha value is -2.63. The fourth-order valence-corrected chi connectivity index (χ4v) is 1.70. The first kappa shape index (κ1) is 13.8. The maximum Gasteiger partial charge on any atom is 0.335 e. The van der Waals surface area contributed by atoms with Gasteiger partial charge in [0, 0.05) is 6.54 Å². The highest BCUT2D eigenvalue weighted by Gasteiger charge is 2.07. The molecule has 0 fully saturated rings. The molecular formula is C14H12F2N2O2. The third kappa shape index (κ3) is 3.03. The highest BCUT2D eigenvalue weighted by Crippen LogP contribution is 2.21. The monoisotopic (exact) mass is 278 g/mol. The van der Waals surface area contributed by atoms with Crippen molar-refractivity contribution < 1.29 is 18.7 Å². The van der Waals surface area contributed by atoms with Gasteiger partial charge in [0.05, 0.1) is 16.9 Å². The van der Waals surface area contributed by atoms with Gasteiger partial charge in [-0.1, -0.05) is 6.07 Å². The van der Waals surface area contributed by atoms with Gasteiger partial charge in [-0.2, -0.15) is 0 Å². The van der Waals surface area contributed by atoms with Gasteiger partial charge < -0.3 is 16.2 Å². The summed E-state index contributed by atoms with van der Waals surface area (Å²) in [6.07, 6.45) is 0. The minimum absolute atomic E-state index is 0.0841. The highest BCUT2D eigenvalue weighted by atomic mass is 19.2. The van der Waals surface area contributed by atoms with E-state index in [0.717, 1.165) is 12.1 Å². The molecule has 4 nitrogen and oxygen atoms in total. The van der Waals surface area contributed by atoms with Crippen molar-refractivity contribution in [3.05, 3.63) is 59.2 Å². The Labute approximate surface area is 113 Å². The number of anilines is 2. The number of rotatable bonds is 4. The second-order valence-electron chi connectivity index (χ2n) is 4.21. The lowest BCUT2D eigenvalue weighted by molar-refractivity contribution is 0.0697. The minimum Gasteiger partial charge on any atom is -0.478 e. The number of hydrogen-bond donors (Lipinski definition) is 3. The van der Waals surface area contributed by atoms with Gasteiger partial charge in [-0.25, -0.2) is 13.6 Å². The molecular weight excluding hydrogens is 266 g/mol. The molecule has 0 heterocycles. The van der Waals surface area contributed by atoms with Gasteiger partial charge in [0.2, 0.25) is 0 Å². The van der Waals surface area contributed by atoms with Gasteiger partial charge in [-0.15, -0.1) is 0 Å². The molecule has 6 heteroatoms. The maximum atomic E-state index is 13.0. The van der Waals surface area contributed by atoms with E-state index >= 15 is 0 Å². The topological polar surface area (TPSA) is 75.4 Å². The first-order valence-electron chi connectivity index (χ1n) is 5.78. The van der Waals surface area contributed by atoms with E-state index in [-0.39, 0.29) is 17.8 Å². The van der Waals surface area contributed by atoms with Crippen LogP contribution < -0.4 is 11.1 Å². The van der Waals surface area contributed by atoms with E-state index in [1.165, 1.54) is 24.3 Å². The average Bonchev–Trinajstić information content (AvgIpc) is 2.41. The van der Waals surface area contributed by atoms with Crippen molar-refractivity contribution in [3.63, 3.8) is 0 Å². The number of aromatic carboxylic acids is 1. The van der Waals surface area contributed by atoms with Crippen LogP contribution in [0.15, 0.2) is 36.4 Å². The third-order valence-electron chi connectivity index (χ3n) is 2.77. The number of nitrogen functional groups attached to an aromatic ring is 1. The number of benzene rings is 2.